The van der Waals surface area contributed by atoms with Crippen molar-refractivity contribution in [2.45, 2.75) is 65.1 Å². The Balaban J connectivity index is 2.11. The molecule has 0 N–H and O–H groups in total. The zero-order valence-electron chi connectivity index (χ0n) is 11.0. The average Bonchev–Trinajstić information content (AvgIpc) is 2.73. The molecule has 0 aromatic rings. The van der Waals surface area contributed by atoms with Gasteiger partial charge >= 0.3 is 0 Å². The minimum Gasteiger partial charge on any atom is -0.366 e. The molecule has 1 fully saturated rings. The van der Waals surface area contributed by atoms with Crippen molar-refractivity contribution in [3.63, 3.8) is 0 Å². The largest absolute Gasteiger partial charge is 0.366 e. The van der Waals surface area contributed by atoms with Crippen LogP contribution in [0.5, 0.6) is 0 Å². The summed E-state index contributed by atoms with van der Waals surface area (Å²) in [5, 5.41) is 0. The summed E-state index contributed by atoms with van der Waals surface area (Å²) in [6.07, 6.45) is 12.1. The average molecular weight is 220 g/mol. The van der Waals surface area contributed by atoms with Gasteiger partial charge in [-0.3, -0.25) is 0 Å². The second-order valence-electron chi connectivity index (χ2n) is 6.31. The Morgan fingerprint density at radius 3 is 2.81 bits per heavy atom. The predicted molar refractivity (Wildman–Crippen MR) is 68.4 cm³/mol. The number of fused-ring (bicyclic) bond motifs is 1. The van der Waals surface area contributed by atoms with Crippen LogP contribution >= 0.6 is 0 Å². The topological polar surface area (TPSA) is 12.5 Å². The zero-order valence-corrected chi connectivity index (χ0v) is 11.0. The Bertz CT molecular complexity index is 324. The third-order valence-corrected chi connectivity index (χ3v) is 3.89. The van der Waals surface area contributed by atoms with E-state index in [9.17, 15) is 0 Å². The zero-order chi connectivity index (χ0) is 11.8. The molecule has 1 heteroatoms. The summed E-state index contributed by atoms with van der Waals surface area (Å²) in [6, 6.07) is 0. The van der Waals surface area contributed by atoms with Gasteiger partial charge in [-0.1, -0.05) is 37.6 Å². The molecular formula is C15H24O. The van der Waals surface area contributed by atoms with Gasteiger partial charge in [-0.2, -0.15) is 0 Å². The monoisotopic (exact) mass is 220 g/mol. The van der Waals surface area contributed by atoms with E-state index in [-0.39, 0.29) is 11.0 Å². The van der Waals surface area contributed by atoms with Crippen molar-refractivity contribution in [3.8, 4) is 0 Å². The molecule has 2 atom stereocenters. The van der Waals surface area contributed by atoms with E-state index in [1.807, 2.05) is 0 Å². The molecule has 2 aliphatic rings. The molecule has 1 heterocycles. The lowest BCUT2D eigenvalue weighted by atomic mass is 9.84. The van der Waals surface area contributed by atoms with E-state index in [1.54, 1.807) is 0 Å². The molecule has 0 bridgehead atoms. The highest BCUT2D eigenvalue weighted by atomic mass is 16.6. The molecule has 1 saturated heterocycles. The molecule has 90 valence electrons. The summed E-state index contributed by atoms with van der Waals surface area (Å²) in [6.45, 7) is 9.10. The lowest BCUT2D eigenvalue weighted by molar-refractivity contribution is 0.280. The molecule has 0 radical (unpaired) electrons. The minimum absolute atomic E-state index is 0.159. The summed E-state index contributed by atoms with van der Waals surface area (Å²) in [5.41, 5.74) is 1.91. The van der Waals surface area contributed by atoms with E-state index >= 15 is 0 Å². The van der Waals surface area contributed by atoms with Crippen LogP contribution in [-0.4, -0.2) is 11.7 Å². The molecular weight excluding hydrogens is 196 g/mol. The van der Waals surface area contributed by atoms with E-state index < -0.39 is 0 Å². The van der Waals surface area contributed by atoms with E-state index in [0.717, 1.165) is 19.3 Å². The first-order valence-electron chi connectivity index (χ1n) is 6.42. The van der Waals surface area contributed by atoms with Crippen molar-refractivity contribution in [2.24, 2.45) is 5.41 Å². The van der Waals surface area contributed by atoms with Gasteiger partial charge in [0.25, 0.3) is 0 Å². The molecule has 0 spiro atoms. The number of hydrogen-bond acceptors (Lipinski definition) is 1. The van der Waals surface area contributed by atoms with Crippen LogP contribution in [0.1, 0.15) is 53.4 Å². The van der Waals surface area contributed by atoms with Crippen LogP contribution < -0.4 is 0 Å². The van der Waals surface area contributed by atoms with Crippen molar-refractivity contribution in [2.75, 3.05) is 0 Å². The maximum absolute atomic E-state index is 5.88. The van der Waals surface area contributed by atoms with Gasteiger partial charge in [0.05, 0.1) is 11.7 Å². The Morgan fingerprint density at radius 2 is 2.06 bits per heavy atom. The van der Waals surface area contributed by atoms with E-state index in [4.69, 9.17) is 4.74 Å². The Labute approximate surface area is 99.6 Å². The van der Waals surface area contributed by atoms with Crippen molar-refractivity contribution < 1.29 is 4.74 Å². The van der Waals surface area contributed by atoms with Crippen LogP contribution in [-0.2, 0) is 4.74 Å². The number of allylic oxidation sites excluding steroid dienone is 4. The maximum Gasteiger partial charge on any atom is 0.0923 e. The standard InChI is InChI=1S/C15H24O/c1-12-7-5-9-14(2,3)11-13-15(4,16-13)10-6-8-12/h5,8-9,13H,6-7,10-11H2,1-4H3/t13-,15+/m1/s1. The fourth-order valence-corrected chi connectivity index (χ4v) is 2.57. The van der Waals surface area contributed by atoms with Crippen LogP contribution in [0.4, 0.5) is 0 Å². The van der Waals surface area contributed by atoms with Crippen LogP contribution in [0, 0.1) is 5.41 Å². The molecule has 16 heavy (non-hydrogen) atoms. The normalized spacial score (nSPS) is 38.2. The molecule has 2 rings (SSSR count). The van der Waals surface area contributed by atoms with E-state index in [2.05, 4.69) is 45.9 Å². The summed E-state index contributed by atoms with van der Waals surface area (Å²) in [7, 11) is 0. The Hall–Kier alpha value is -0.560. The Morgan fingerprint density at radius 1 is 1.31 bits per heavy atom. The van der Waals surface area contributed by atoms with Crippen LogP contribution in [0.3, 0.4) is 0 Å². The fourth-order valence-electron chi connectivity index (χ4n) is 2.57. The van der Waals surface area contributed by atoms with Gasteiger partial charge in [0.15, 0.2) is 0 Å². The van der Waals surface area contributed by atoms with Gasteiger partial charge in [-0.05, 0) is 44.9 Å². The first-order valence-corrected chi connectivity index (χ1v) is 6.42. The van der Waals surface area contributed by atoms with Gasteiger partial charge in [0.1, 0.15) is 0 Å². The first kappa shape index (κ1) is 11.9. The highest BCUT2D eigenvalue weighted by molar-refractivity contribution is 5.12. The molecule has 1 aliphatic carbocycles. The van der Waals surface area contributed by atoms with Gasteiger partial charge in [-0.25, -0.2) is 0 Å². The summed E-state index contributed by atoms with van der Waals surface area (Å²) in [4.78, 5) is 0. The van der Waals surface area contributed by atoms with Crippen molar-refractivity contribution >= 4 is 0 Å². The highest BCUT2D eigenvalue weighted by Gasteiger charge is 2.52. The molecule has 0 amide bonds. The van der Waals surface area contributed by atoms with Crippen LogP contribution in [0.15, 0.2) is 23.8 Å². The lowest BCUT2D eigenvalue weighted by Gasteiger charge is -2.19. The summed E-state index contributed by atoms with van der Waals surface area (Å²) >= 11 is 0. The van der Waals surface area contributed by atoms with E-state index in [1.165, 1.54) is 12.0 Å². The quantitative estimate of drug-likeness (QED) is 0.439. The third-order valence-electron chi connectivity index (χ3n) is 3.89. The molecule has 1 nitrogen and oxygen atoms in total. The predicted octanol–water partition coefficient (Wildman–Crippen LogP) is 4.25. The smallest absolute Gasteiger partial charge is 0.0923 e. The second kappa shape index (κ2) is 4.03. The third kappa shape index (κ3) is 2.76. The van der Waals surface area contributed by atoms with Gasteiger partial charge in [0.2, 0.25) is 0 Å². The SMILES string of the molecule is CC1=CCC[C@]2(C)O[C@@H]2CC(C)(C)C=CC1. The Kier molecular flexibility index (Phi) is 3.00. The molecule has 1 aliphatic heterocycles. The van der Waals surface area contributed by atoms with Crippen LogP contribution in [0.25, 0.3) is 0 Å². The first-order chi connectivity index (χ1) is 7.41. The van der Waals surface area contributed by atoms with Crippen molar-refractivity contribution in [1.29, 1.82) is 0 Å². The van der Waals surface area contributed by atoms with Crippen LogP contribution in [0.2, 0.25) is 0 Å². The summed E-state index contributed by atoms with van der Waals surface area (Å²) in [5.74, 6) is 0. The number of hydrogen-bond donors (Lipinski definition) is 0. The lowest BCUT2D eigenvalue weighted by Crippen LogP contribution is -2.16. The molecule has 0 saturated carbocycles. The van der Waals surface area contributed by atoms with Crippen molar-refractivity contribution in [3.05, 3.63) is 23.8 Å². The van der Waals surface area contributed by atoms with Gasteiger partial charge in [-0.15, -0.1) is 0 Å². The maximum atomic E-state index is 5.88. The second-order valence-corrected chi connectivity index (χ2v) is 6.31. The summed E-state index contributed by atoms with van der Waals surface area (Å²) < 4.78 is 5.88. The number of rotatable bonds is 0. The number of epoxide rings is 1. The molecule has 0 aromatic heterocycles. The van der Waals surface area contributed by atoms with Crippen molar-refractivity contribution in [1.82, 2.24) is 0 Å². The minimum atomic E-state index is 0.159. The van der Waals surface area contributed by atoms with Gasteiger partial charge < -0.3 is 4.74 Å². The molecule has 0 aromatic carbocycles. The molecule has 0 unspecified atom stereocenters. The van der Waals surface area contributed by atoms with E-state index in [0.29, 0.717) is 6.10 Å². The highest BCUT2D eigenvalue weighted by Crippen LogP contribution is 2.46. The van der Waals surface area contributed by atoms with Gasteiger partial charge in [0, 0.05) is 0 Å². The number of ether oxygens (including phenoxy) is 1. The fraction of sp³-hybridized carbons (Fsp3) is 0.733.